The summed E-state index contributed by atoms with van der Waals surface area (Å²) in [5.74, 6) is 1.62. The maximum atomic E-state index is 12.7. The molecule has 4 rings (SSSR count). The van der Waals surface area contributed by atoms with E-state index in [2.05, 4.69) is 20.0 Å². The molecule has 0 aromatic carbocycles. The third-order valence-electron chi connectivity index (χ3n) is 4.95. The highest BCUT2D eigenvalue weighted by Crippen LogP contribution is 2.26. The summed E-state index contributed by atoms with van der Waals surface area (Å²) in [6.07, 6.45) is 5.94. The van der Waals surface area contributed by atoms with E-state index in [1.165, 1.54) is 6.20 Å². The van der Waals surface area contributed by atoms with Gasteiger partial charge in [0.1, 0.15) is 11.3 Å². The van der Waals surface area contributed by atoms with Crippen molar-refractivity contribution >= 4 is 11.9 Å². The lowest BCUT2D eigenvalue weighted by molar-refractivity contribution is -0.0169. The molecule has 2 aromatic heterocycles. The molecule has 2 aromatic rings. The van der Waals surface area contributed by atoms with Gasteiger partial charge in [0.2, 0.25) is 5.95 Å². The standard InChI is InChI=1S/C17H21N5O3/c1-12-14(9-20-25-12)16(23)21-6-3-13-10-22(7-8-24-15(13)11-21)17-18-4-2-5-19-17/h2,4-5,9,13,15H,3,6-8,10-11H2,1H3. The SMILES string of the molecule is Cc1oncc1C(=O)N1CCC2CN(c3ncccn3)CCOC2C1. The Morgan fingerprint density at radius 2 is 2.08 bits per heavy atom. The van der Waals surface area contributed by atoms with E-state index in [-0.39, 0.29) is 12.0 Å². The predicted molar refractivity (Wildman–Crippen MR) is 89.2 cm³/mol. The zero-order valence-corrected chi connectivity index (χ0v) is 14.2. The van der Waals surface area contributed by atoms with E-state index >= 15 is 0 Å². The van der Waals surface area contributed by atoms with Gasteiger partial charge in [-0.1, -0.05) is 5.16 Å². The van der Waals surface area contributed by atoms with E-state index in [1.807, 2.05) is 11.0 Å². The minimum absolute atomic E-state index is 0.0339. The number of aromatic nitrogens is 3. The van der Waals surface area contributed by atoms with Crippen LogP contribution in [0.1, 0.15) is 22.5 Å². The molecule has 0 saturated carbocycles. The van der Waals surface area contributed by atoms with E-state index in [9.17, 15) is 4.79 Å². The maximum absolute atomic E-state index is 12.7. The van der Waals surface area contributed by atoms with Gasteiger partial charge < -0.3 is 19.1 Å². The number of hydrogen-bond acceptors (Lipinski definition) is 7. The molecule has 2 atom stereocenters. The number of likely N-dealkylation sites (tertiary alicyclic amines) is 1. The predicted octanol–water partition coefficient (Wildman–Crippen LogP) is 1.14. The first kappa shape index (κ1) is 16.0. The van der Waals surface area contributed by atoms with Gasteiger partial charge >= 0.3 is 0 Å². The van der Waals surface area contributed by atoms with Crippen LogP contribution in [0.3, 0.4) is 0 Å². The fourth-order valence-electron chi connectivity index (χ4n) is 3.55. The third kappa shape index (κ3) is 3.21. The number of amides is 1. The van der Waals surface area contributed by atoms with Crippen molar-refractivity contribution in [3.63, 3.8) is 0 Å². The van der Waals surface area contributed by atoms with Crippen molar-refractivity contribution < 1.29 is 14.1 Å². The molecule has 2 fully saturated rings. The summed E-state index contributed by atoms with van der Waals surface area (Å²) in [6, 6.07) is 1.82. The molecule has 2 aliphatic heterocycles. The monoisotopic (exact) mass is 343 g/mol. The smallest absolute Gasteiger partial charge is 0.259 e. The summed E-state index contributed by atoms with van der Waals surface area (Å²) in [7, 11) is 0. The summed E-state index contributed by atoms with van der Waals surface area (Å²) >= 11 is 0. The van der Waals surface area contributed by atoms with Gasteiger partial charge in [0.25, 0.3) is 5.91 Å². The average Bonchev–Trinajstić information content (AvgIpc) is 2.96. The van der Waals surface area contributed by atoms with Gasteiger partial charge in [0.15, 0.2) is 0 Å². The van der Waals surface area contributed by atoms with Crippen LogP contribution in [-0.4, -0.2) is 64.8 Å². The van der Waals surface area contributed by atoms with Crippen molar-refractivity contribution in [3.05, 3.63) is 36.0 Å². The number of ether oxygens (including phenoxy) is 1. The van der Waals surface area contributed by atoms with Crippen LogP contribution < -0.4 is 4.90 Å². The number of piperidine rings is 1. The maximum Gasteiger partial charge on any atom is 0.259 e. The van der Waals surface area contributed by atoms with Crippen molar-refractivity contribution in [2.45, 2.75) is 19.4 Å². The number of fused-ring (bicyclic) bond motifs is 1. The van der Waals surface area contributed by atoms with E-state index in [1.54, 1.807) is 19.3 Å². The average molecular weight is 343 g/mol. The Kier molecular flexibility index (Phi) is 4.35. The quantitative estimate of drug-likeness (QED) is 0.808. The van der Waals surface area contributed by atoms with Crippen LogP contribution in [0, 0.1) is 12.8 Å². The lowest BCUT2D eigenvalue weighted by Crippen LogP contribution is -2.49. The topological polar surface area (TPSA) is 84.6 Å². The lowest BCUT2D eigenvalue weighted by atomic mass is 9.93. The van der Waals surface area contributed by atoms with Gasteiger partial charge in [0.05, 0.1) is 18.9 Å². The first-order valence-electron chi connectivity index (χ1n) is 8.56. The van der Waals surface area contributed by atoms with Crippen LogP contribution in [0.25, 0.3) is 0 Å². The zero-order valence-electron chi connectivity index (χ0n) is 14.2. The number of carbonyl (C=O) groups is 1. The molecule has 8 nitrogen and oxygen atoms in total. The minimum Gasteiger partial charge on any atom is -0.374 e. The van der Waals surface area contributed by atoms with Crippen molar-refractivity contribution in [2.75, 3.05) is 37.7 Å². The first-order chi connectivity index (χ1) is 12.2. The van der Waals surface area contributed by atoms with Crippen LogP contribution in [0.2, 0.25) is 0 Å². The summed E-state index contributed by atoms with van der Waals surface area (Å²) in [5, 5.41) is 3.70. The van der Waals surface area contributed by atoms with E-state index < -0.39 is 0 Å². The largest absolute Gasteiger partial charge is 0.374 e. The van der Waals surface area contributed by atoms with Crippen LogP contribution in [-0.2, 0) is 4.74 Å². The molecule has 4 heterocycles. The fourth-order valence-corrected chi connectivity index (χ4v) is 3.55. The Hall–Kier alpha value is -2.48. The zero-order chi connectivity index (χ0) is 17.2. The van der Waals surface area contributed by atoms with Crippen LogP contribution in [0.15, 0.2) is 29.2 Å². The summed E-state index contributed by atoms with van der Waals surface area (Å²) in [6.45, 7) is 5.27. The summed E-state index contributed by atoms with van der Waals surface area (Å²) < 4.78 is 11.1. The van der Waals surface area contributed by atoms with Gasteiger partial charge in [-0.2, -0.15) is 0 Å². The summed E-state index contributed by atoms with van der Waals surface area (Å²) in [4.78, 5) is 25.4. The third-order valence-corrected chi connectivity index (χ3v) is 4.95. The molecular formula is C17H21N5O3. The van der Waals surface area contributed by atoms with Crippen molar-refractivity contribution in [1.29, 1.82) is 0 Å². The molecule has 0 N–H and O–H groups in total. The molecule has 1 amide bonds. The second-order valence-electron chi connectivity index (χ2n) is 6.50. The van der Waals surface area contributed by atoms with Crippen LogP contribution >= 0.6 is 0 Å². The van der Waals surface area contributed by atoms with Gasteiger partial charge in [-0.25, -0.2) is 9.97 Å². The molecule has 0 spiro atoms. The number of anilines is 1. The fraction of sp³-hybridized carbons (Fsp3) is 0.529. The van der Waals surface area contributed by atoms with Gasteiger partial charge in [-0.3, -0.25) is 4.79 Å². The lowest BCUT2D eigenvalue weighted by Gasteiger charge is -2.37. The molecule has 0 radical (unpaired) electrons. The molecule has 0 bridgehead atoms. The van der Waals surface area contributed by atoms with Crippen LogP contribution in [0.4, 0.5) is 5.95 Å². The molecule has 0 aliphatic carbocycles. The number of carbonyl (C=O) groups excluding carboxylic acids is 1. The first-order valence-corrected chi connectivity index (χ1v) is 8.56. The molecule has 2 saturated heterocycles. The van der Waals surface area contributed by atoms with Crippen molar-refractivity contribution in [2.24, 2.45) is 5.92 Å². The molecule has 2 aliphatic rings. The van der Waals surface area contributed by atoms with E-state index in [0.29, 0.717) is 36.9 Å². The number of aryl methyl sites for hydroxylation is 1. The highest BCUT2D eigenvalue weighted by Gasteiger charge is 2.36. The second kappa shape index (κ2) is 6.79. The Bertz CT molecular complexity index is 735. The Labute approximate surface area is 145 Å². The number of rotatable bonds is 2. The highest BCUT2D eigenvalue weighted by atomic mass is 16.5. The van der Waals surface area contributed by atoms with Gasteiger partial charge in [-0.15, -0.1) is 0 Å². The van der Waals surface area contributed by atoms with Gasteiger partial charge in [0, 0.05) is 44.5 Å². The van der Waals surface area contributed by atoms with E-state index in [0.717, 1.165) is 25.5 Å². The highest BCUT2D eigenvalue weighted by molar-refractivity contribution is 5.94. The Morgan fingerprint density at radius 1 is 1.24 bits per heavy atom. The Balaban J connectivity index is 1.44. The van der Waals surface area contributed by atoms with Crippen molar-refractivity contribution in [1.82, 2.24) is 20.0 Å². The van der Waals surface area contributed by atoms with E-state index in [4.69, 9.17) is 9.26 Å². The molecule has 8 heteroatoms. The Morgan fingerprint density at radius 3 is 2.84 bits per heavy atom. The van der Waals surface area contributed by atoms with Crippen LogP contribution in [0.5, 0.6) is 0 Å². The molecule has 2 unspecified atom stereocenters. The normalized spacial score (nSPS) is 23.9. The second-order valence-corrected chi connectivity index (χ2v) is 6.50. The van der Waals surface area contributed by atoms with Gasteiger partial charge in [-0.05, 0) is 19.4 Å². The van der Waals surface area contributed by atoms with Crippen molar-refractivity contribution in [3.8, 4) is 0 Å². The molecule has 25 heavy (non-hydrogen) atoms. The molecular weight excluding hydrogens is 322 g/mol. The number of nitrogens with zero attached hydrogens (tertiary/aromatic N) is 5. The number of hydrogen-bond donors (Lipinski definition) is 0. The molecule has 132 valence electrons. The summed E-state index contributed by atoms with van der Waals surface area (Å²) in [5.41, 5.74) is 0.534. The minimum atomic E-state index is -0.0340.